The van der Waals surface area contributed by atoms with Gasteiger partial charge in [0, 0.05) is 6.04 Å². The Balaban J connectivity index is 1.91. The maximum atomic E-state index is 11.7. The maximum Gasteiger partial charge on any atom is 0.332 e. The third kappa shape index (κ3) is 2.69. The van der Waals surface area contributed by atoms with Gasteiger partial charge in [0.1, 0.15) is 5.75 Å². The Morgan fingerprint density at radius 2 is 2.24 bits per heavy atom. The average molecular weight is 287 g/mol. The number of methoxy groups -OCH3 is 1. The van der Waals surface area contributed by atoms with Gasteiger partial charge in [-0.1, -0.05) is 12.1 Å². The van der Waals surface area contributed by atoms with Crippen molar-refractivity contribution in [1.29, 1.82) is 0 Å². The first-order valence-electron chi connectivity index (χ1n) is 6.85. The van der Waals surface area contributed by atoms with Crippen LogP contribution in [0.4, 0.5) is 5.69 Å². The van der Waals surface area contributed by atoms with Crippen LogP contribution in [0.3, 0.4) is 0 Å². The molecule has 1 unspecified atom stereocenters. The molecular weight excluding hydrogens is 270 g/mol. The number of rotatable bonds is 6. The topological polar surface area (TPSA) is 76.4 Å². The summed E-state index contributed by atoms with van der Waals surface area (Å²) in [5.41, 5.74) is 1.31. The molecule has 0 spiro atoms. The molecule has 1 aromatic carbocycles. The van der Waals surface area contributed by atoms with E-state index in [0.717, 1.165) is 12.8 Å². The Morgan fingerprint density at radius 3 is 2.90 bits per heavy atom. The highest BCUT2D eigenvalue weighted by Crippen LogP contribution is 2.38. The average Bonchev–Trinajstić information content (AvgIpc) is 3.23. The van der Waals surface area contributed by atoms with Crippen molar-refractivity contribution in [3.63, 3.8) is 0 Å². The Bertz CT molecular complexity index is 649. The van der Waals surface area contributed by atoms with E-state index < -0.39 is 12.0 Å². The third-order valence-electron chi connectivity index (χ3n) is 3.59. The summed E-state index contributed by atoms with van der Waals surface area (Å²) in [4.78, 5) is 15.8. The van der Waals surface area contributed by atoms with Crippen LogP contribution >= 0.6 is 0 Å². The van der Waals surface area contributed by atoms with Crippen LogP contribution in [-0.4, -0.2) is 27.7 Å². The van der Waals surface area contributed by atoms with E-state index in [-0.39, 0.29) is 0 Å². The Labute approximate surface area is 122 Å². The second-order valence-corrected chi connectivity index (χ2v) is 5.07. The number of ether oxygens (including phenoxy) is 1. The summed E-state index contributed by atoms with van der Waals surface area (Å²) in [5.74, 6) is -0.329. The van der Waals surface area contributed by atoms with E-state index in [2.05, 4.69) is 10.3 Å². The van der Waals surface area contributed by atoms with Crippen molar-refractivity contribution >= 4 is 11.7 Å². The lowest BCUT2D eigenvalue weighted by Gasteiger charge is -2.19. The first kappa shape index (κ1) is 13.5. The minimum atomic E-state index is -0.941. The van der Waals surface area contributed by atoms with Crippen LogP contribution < -0.4 is 10.1 Å². The van der Waals surface area contributed by atoms with Gasteiger partial charge in [-0.2, -0.15) is 0 Å². The second-order valence-electron chi connectivity index (χ2n) is 5.07. The van der Waals surface area contributed by atoms with E-state index in [0.29, 0.717) is 23.2 Å². The number of hydrogen-bond donors (Lipinski definition) is 2. The van der Waals surface area contributed by atoms with Gasteiger partial charge < -0.3 is 19.7 Å². The van der Waals surface area contributed by atoms with Gasteiger partial charge in [0.15, 0.2) is 6.04 Å². The molecule has 2 aromatic rings. The van der Waals surface area contributed by atoms with Gasteiger partial charge in [0.2, 0.25) is 0 Å². The summed E-state index contributed by atoms with van der Waals surface area (Å²) in [6, 6.07) is 6.79. The van der Waals surface area contributed by atoms with Crippen LogP contribution in [0.2, 0.25) is 0 Å². The molecule has 1 fully saturated rings. The van der Waals surface area contributed by atoms with Crippen molar-refractivity contribution < 1.29 is 14.6 Å². The van der Waals surface area contributed by atoms with Gasteiger partial charge in [-0.25, -0.2) is 9.78 Å². The Hall–Kier alpha value is -2.50. The largest absolute Gasteiger partial charge is 0.495 e. The molecule has 2 N–H and O–H groups in total. The molecule has 1 saturated carbocycles. The van der Waals surface area contributed by atoms with Crippen molar-refractivity contribution in [2.45, 2.75) is 24.9 Å². The fourth-order valence-corrected chi connectivity index (χ4v) is 2.38. The molecule has 0 amide bonds. The summed E-state index contributed by atoms with van der Waals surface area (Å²) < 4.78 is 7.20. The van der Waals surface area contributed by atoms with Gasteiger partial charge >= 0.3 is 5.97 Å². The predicted molar refractivity (Wildman–Crippen MR) is 77.5 cm³/mol. The summed E-state index contributed by atoms with van der Waals surface area (Å²) in [6.07, 6.45) is 5.46. The standard InChI is InChI=1S/C15H17N3O3/c1-21-13-5-3-2-4-11(13)17-14(15(19)20)12-8-16-9-18(12)10-6-7-10/h2-5,8-10,14,17H,6-7H2,1H3,(H,19,20). The van der Waals surface area contributed by atoms with Crippen molar-refractivity contribution in [3.8, 4) is 5.75 Å². The van der Waals surface area contributed by atoms with Crippen LogP contribution in [0.5, 0.6) is 5.75 Å². The molecule has 0 radical (unpaired) electrons. The van der Waals surface area contributed by atoms with E-state index in [4.69, 9.17) is 4.74 Å². The number of imidazole rings is 1. The lowest BCUT2D eigenvalue weighted by Crippen LogP contribution is -2.23. The molecule has 0 aliphatic heterocycles. The molecule has 1 aliphatic rings. The van der Waals surface area contributed by atoms with Crippen molar-refractivity contribution in [2.75, 3.05) is 12.4 Å². The number of aliphatic carboxylic acids is 1. The quantitative estimate of drug-likeness (QED) is 0.853. The number of aromatic nitrogens is 2. The SMILES string of the molecule is COc1ccccc1NC(C(=O)O)c1cncn1C1CC1. The predicted octanol–water partition coefficient (Wildman–Crippen LogP) is 2.46. The fraction of sp³-hybridized carbons (Fsp3) is 0.333. The highest BCUT2D eigenvalue weighted by Gasteiger charge is 2.31. The summed E-state index contributed by atoms with van der Waals surface area (Å²) >= 11 is 0. The highest BCUT2D eigenvalue weighted by atomic mass is 16.5. The van der Waals surface area contributed by atoms with Crippen molar-refractivity contribution in [3.05, 3.63) is 42.5 Å². The van der Waals surface area contributed by atoms with Gasteiger partial charge in [0.05, 0.1) is 31.0 Å². The van der Waals surface area contributed by atoms with Gasteiger partial charge in [-0.15, -0.1) is 0 Å². The zero-order chi connectivity index (χ0) is 14.8. The van der Waals surface area contributed by atoms with E-state index >= 15 is 0 Å². The third-order valence-corrected chi connectivity index (χ3v) is 3.59. The molecule has 110 valence electrons. The lowest BCUT2D eigenvalue weighted by atomic mass is 10.2. The van der Waals surface area contributed by atoms with E-state index in [9.17, 15) is 9.90 Å². The molecule has 3 rings (SSSR count). The monoisotopic (exact) mass is 287 g/mol. The molecule has 6 nitrogen and oxygen atoms in total. The number of nitrogens with one attached hydrogen (secondary N) is 1. The Kier molecular flexibility index (Phi) is 3.51. The zero-order valence-electron chi connectivity index (χ0n) is 11.7. The first-order valence-corrected chi connectivity index (χ1v) is 6.85. The van der Waals surface area contributed by atoms with Crippen LogP contribution in [0.15, 0.2) is 36.8 Å². The smallest absolute Gasteiger partial charge is 0.332 e. The number of carboxylic acid groups (broad SMARTS) is 1. The van der Waals surface area contributed by atoms with Gasteiger partial charge in [-0.3, -0.25) is 0 Å². The number of benzene rings is 1. The number of carbonyl (C=O) groups is 1. The molecule has 6 heteroatoms. The number of para-hydroxylation sites is 2. The van der Waals surface area contributed by atoms with Crippen molar-refractivity contribution in [2.24, 2.45) is 0 Å². The molecule has 0 saturated heterocycles. The number of anilines is 1. The van der Waals surface area contributed by atoms with Crippen molar-refractivity contribution in [1.82, 2.24) is 9.55 Å². The van der Waals surface area contributed by atoms with Crippen LogP contribution in [0, 0.1) is 0 Å². The number of carboxylic acids is 1. The molecule has 0 bridgehead atoms. The van der Waals surface area contributed by atoms with E-state index in [1.807, 2.05) is 16.7 Å². The molecule has 1 heterocycles. The normalized spacial score (nSPS) is 15.5. The fourth-order valence-electron chi connectivity index (χ4n) is 2.38. The van der Waals surface area contributed by atoms with Gasteiger partial charge in [-0.05, 0) is 25.0 Å². The second kappa shape index (κ2) is 5.47. The Morgan fingerprint density at radius 1 is 1.48 bits per heavy atom. The van der Waals surface area contributed by atoms with E-state index in [1.165, 1.54) is 0 Å². The summed E-state index contributed by atoms with van der Waals surface area (Å²) in [5, 5.41) is 12.6. The minimum Gasteiger partial charge on any atom is -0.495 e. The maximum absolute atomic E-state index is 11.7. The van der Waals surface area contributed by atoms with Crippen LogP contribution in [-0.2, 0) is 4.79 Å². The molecule has 21 heavy (non-hydrogen) atoms. The van der Waals surface area contributed by atoms with Gasteiger partial charge in [0.25, 0.3) is 0 Å². The molecule has 1 atom stereocenters. The molecule has 1 aromatic heterocycles. The summed E-state index contributed by atoms with van der Waals surface area (Å²) in [7, 11) is 1.56. The highest BCUT2D eigenvalue weighted by molar-refractivity contribution is 5.79. The summed E-state index contributed by atoms with van der Waals surface area (Å²) in [6.45, 7) is 0. The number of hydrogen-bond acceptors (Lipinski definition) is 4. The van der Waals surface area contributed by atoms with Crippen LogP contribution in [0.25, 0.3) is 0 Å². The molecule has 1 aliphatic carbocycles. The minimum absolute atomic E-state index is 0.379. The zero-order valence-corrected chi connectivity index (χ0v) is 11.7. The van der Waals surface area contributed by atoms with E-state index in [1.54, 1.807) is 31.8 Å². The first-order chi connectivity index (χ1) is 10.2. The number of nitrogens with zero attached hydrogens (tertiary/aromatic N) is 2. The lowest BCUT2D eigenvalue weighted by molar-refractivity contribution is -0.138. The van der Waals surface area contributed by atoms with Crippen LogP contribution in [0.1, 0.15) is 30.6 Å². The molecular formula is C15H17N3O3.